The van der Waals surface area contributed by atoms with Gasteiger partial charge in [-0.2, -0.15) is 0 Å². The predicted molar refractivity (Wildman–Crippen MR) is 57.8 cm³/mol. The van der Waals surface area contributed by atoms with Gasteiger partial charge in [0.1, 0.15) is 4.60 Å². The first-order chi connectivity index (χ1) is 6.75. The summed E-state index contributed by atoms with van der Waals surface area (Å²) in [4.78, 5) is 0. The van der Waals surface area contributed by atoms with Gasteiger partial charge in [0.05, 0.1) is 6.54 Å². The van der Waals surface area contributed by atoms with Gasteiger partial charge in [-0.3, -0.25) is 0 Å². The molecule has 2 rings (SSSR count). The van der Waals surface area contributed by atoms with Crippen LogP contribution in [0.25, 0.3) is 0 Å². The Kier molecular flexibility index (Phi) is 3.23. The molecule has 1 N–H and O–H groups in total. The Morgan fingerprint density at radius 3 is 3.07 bits per heavy atom. The van der Waals surface area contributed by atoms with Gasteiger partial charge in [0.15, 0.2) is 5.76 Å². The summed E-state index contributed by atoms with van der Waals surface area (Å²) in [5, 5.41) is 7.29. The van der Waals surface area contributed by atoms with Crippen LogP contribution in [0.15, 0.2) is 15.2 Å². The van der Waals surface area contributed by atoms with E-state index in [-0.39, 0.29) is 0 Å². The van der Waals surface area contributed by atoms with Crippen molar-refractivity contribution in [2.24, 2.45) is 5.92 Å². The number of hydrogen-bond donors (Lipinski definition) is 1. The van der Waals surface area contributed by atoms with E-state index in [0.29, 0.717) is 6.04 Å². The van der Waals surface area contributed by atoms with Gasteiger partial charge in [0.2, 0.25) is 0 Å². The third kappa shape index (κ3) is 2.36. The Balaban J connectivity index is 1.82. The molecule has 0 bridgehead atoms. The summed E-state index contributed by atoms with van der Waals surface area (Å²) in [6.07, 6.45) is 3.98. The van der Waals surface area contributed by atoms with Gasteiger partial charge < -0.3 is 9.84 Å². The van der Waals surface area contributed by atoms with Crippen LogP contribution in [0.3, 0.4) is 0 Å². The fourth-order valence-electron chi connectivity index (χ4n) is 2.05. The Morgan fingerprint density at radius 1 is 1.64 bits per heavy atom. The van der Waals surface area contributed by atoms with Crippen LogP contribution in [0.4, 0.5) is 0 Å². The second-order valence-electron chi connectivity index (χ2n) is 4.01. The smallest absolute Gasteiger partial charge is 0.151 e. The minimum atomic E-state index is 0.652. The molecule has 1 aliphatic rings. The quantitative estimate of drug-likeness (QED) is 0.906. The number of nitrogens with one attached hydrogen (secondary N) is 1. The van der Waals surface area contributed by atoms with Gasteiger partial charge in [-0.05, 0) is 34.7 Å². The lowest BCUT2D eigenvalue weighted by Gasteiger charge is -2.15. The van der Waals surface area contributed by atoms with Gasteiger partial charge in [-0.1, -0.05) is 18.5 Å². The zero-order valence-corrected chi connectivity index (χ0v) is 9.88. The molecular formula is C10H15BrN2O. The van der Waals surface area contributed by atoms with Gasteiger partial charge >= 0.3 is 0 Å². The number of aromatic nitrogens is 1. The summed E-state index contributed by atoms with van der Waals surface area (Å²) in [6.45, 7) is 3.09. The summed E-state index contributed by atoms with van der Waals surface area (Å²) in [6, 6.07) is 2.56. The minimum absolute atomic E-state index is 0.652. The molecule has 0 spiro atoms. The van der Waals surface area contributed by atoms with Crippen molar-refractivity contribution in [1.82, 2.24) is 10.5 Å². The van der Waals surface area contributed by atoms with Gasteiger partial charge in [0.25, 0.3) is 0 Å². The highest BCUT2D eigenvalue weighted by atomic mass is 79.9. The first kappa shape index (κ1) is 10.2. The maximum Gasteiger partial charge on any atom is 0.151 e. The van der Waals surface area contributed by atoms with E-state index in [1.165, 1.54) is 19.3 Å². The third-order valence-electron chi connectivity index (χ3n) is 2.93. The topological polar surface area (TPSA) is 38.1 Å². The third-order valence-corrected chi connectivity index (χ3v) is 3.30. The molecule has 14 heavy (non-hydrogen) atoms. The van der Waals surface area contributed by atoms with E-state index in [1.807, 2.05) is 6.07 Å². The first-order valence-corrected chi connectivity index (χ1v) is 5.89. The molecule has 2 unspecified atom stereocenters. The lowest BCUT2D eigenvalue weighted by atomic mass is 10.1. The van der Waals surface area contributed by atoms with Crippen molar-refractivity contribution in [2.75, 3.05) is 0 Å². The van der Waals surface area contributed by atoms with Crippen LogP contribution in [-0.4, -0.2) is 11.2 Å². The molecule has 1 heterocycles. The van der Waals surface area contributed by atoms with Crippen LogP contribution in [0.2, 0.25) is 0 Å². The molecule has 1 aliphatic carbocycles. The molecular weight excluding hydrogens is 244 g/mol. The van der Waals surface area contributed by atoms with Crippen LogP contribution in [0.1, 0.15) is 31.9 Å². The first-order valence-electron chi connectivity index (χ1n) is 5.10. The van der Waals surface area contributed by atoms with Crippen molar-refractivity contribution in [1.29, 1.82) is 0 Å². The van der Waals surface area contributed by atoms with E-state index < -0.39 is 0 Å². The van der Waals surface area contributed by atoms with Crippen LogP contribution < -0.4 is 5.32 Å². The second kappa shape index (κ2) is 4.45. The fraction of sp³-hybridized carbons (Fsp3) is 0.700. The molecule has 1 aromatic rings. The van der Waals surface area contributed by atoms with E-state index in [9.17, 15) is 0 Å². The lowest BCUT2D eigenvalue weighted by molar-refractivity contribution is 0.346. The maximum atomic E-state index is 5.10. The minimum Gasteiger partial charge on any atom is -0.359 e. The summed E-state index contributed by atoms with van der Waals surface area (Å²) in [5.74, 6) is 1.69. The summed E-state index contributed by atoms with van der Waals surface area (Å²) < 4.78 is 5.87. The van der Waals surface area contributed by atoms with Gasteiger partial charge in [0, 0.05) is 12.1 Å². The molecule has 0 amide bonds. The standard InChI is InChI=1S/C10H15BrN2O/c1-7-3-2-4-9(7)12-6-8-5-10(11)13-14-8/h5,7,9,12H,2-4,6H2,1H3. The van der Waals surface area contributed by atoms with Crippen molar-refractivity contribution < 1.29 is 4.52 Å². The molecule has 1 aromatic heterocycles. The number of hydrogen-bond acceptors (Lipinski definition) is 3. The Bertz CT molecular complexity index is 300. The molecule has 1 saturated carbocycles. The van der Waals surface area contributed by atoms with Crippen molar-refractivity contribution in [3.8, 4) is 0 Å². The van der Waals surface area contributed by atoms with Crippen LogP contribution in [0.5, 0.6) is 0 Å². The monoisotopic (exact) mass is 258 g/mol. The number of nitrogens with zero attached hydrogens (tertiary/aromatic N) is 1. The zero-order valence-electron chi connectivity index (χ0n) is 8.29. The summed E-state index contributed by atoms with van der Waals surface area (Å²) >= 11 is 3.26. The maximum absolute atomic E-state index is 5.10. The molecule has 2 atom stereocenters. The number of rotatable bonds is 3. The van der Waals surface area contributed by atoms with Gasteiger partial charge in [-0.15, -0.1) is 0 Å². The molecule has 0 aromatic carbocycles. The van der Waals surface area contributed by atoms with E-state index in [2.05, 4.69) is 33.3 Å². The normalized spacial score (nSPS) is 27.0. The molecule has 0 saturated heterocycles. The van der Waals surface area contributed by atoms with E-state index in [0.717, 1.165) is 22.8 Å². The van der Waals surface area contributed by atoms with Crippen LogP contribution in [0, 0.1) is 5.92 Å². The molecule has 0 aliphatic heterocycles. The highest BCUT2D eigenvalue weighted by Crippen LogP contribution is 2.25. The average Bonchev–Trinajstić information content (AvgIpc) is 2.72. The number of halogens is 1. The fourth-order valence-corrected chi connectivity index (χ4v) is 2.38. The predicted octanol–water partition coefficient (Wildman–Crippen LogP) is 2.72. The lowest BCUT2D eigenvalue weighted by Crippen LogP contribution is -2.30. The zero-order chi connectivity index (χ0) is 9.97. The van der Waals surface area contributed by atoms with Crippen molar-refractivity contribution in [3.63, 3.8) is 0 Å². The largest absolute Gasteiger partial charge is 0.359 e. The van der Waals surface area contributed by atoms with Crippen LogP contribution >= 0.6 is 15.9 Å². The molecule has 0 radical (unpaired) electrons. The van der Waals surface area contributed by atoms with Crippen molar-refractivity contribution in [2.45, 2.75) is 38.8 Å². The van der Waals surface area contributed by atoms with Gasteiger partial charge in [-0.25, -0.2) is 0 Å². The molecule has 78 valence electrons. The SMILES string of the molecule is CC1CCCC1NCc1cc(Br)no1. The molecule has 3 nitrogen and oxygen atoms in total. The van der Waals surface area contributed by atoms with E-state index >= 15 is 0 Å². The summed E-state index contributed by atoms with van der Waals surface area (Å²) in [5.41, 5.74) is 0. The highest BCUT2D eigenvalue weighted by Gasteiger charge is 2.22. The summed E-state index contributed by atoms with van der Waals surface area (Å²) in [7, 11) is 0. The van der Waals surface area contributed by atoms with E-state index in [1.54, 1.807) is 0 Å². The highest BCUT2D eigenvalue weighted by molar-refractivity contribution is 9.10. The van der Waals surface area contributed by atoms with E-state index in [4.69, 9.17) is 4.52 Å². The Morgan fingerprint density at radius 2 is 2.50 bits per heavy atom. The Hall–Kier alpha value is -0.350. The molecule has 4 heteroatoms. The van der Waals surface area contributed by atoms with Crippen LogP contribution in [-0.2, 0) is 6.54 Å². The second-order valence-corrected chi connectivity index (χ2v) is 4.82. The van der Waals surface area contributed by atoms with Crippen molar-refractivity contribution >= 4 is 15.9 Å². The average molecular weight is 259 g/mol. The Labute approximate surface area is 92.4 Å². The van der Waals surface area contributed by atoms with Crippen molar-refractivity contribution in [3.05, 3.63) is 16.4 Å². The molecule has 1 fully saturated rings.